The molecule has 2 saturated heterocycles. The van der Waals surface area contributed by atoms with Gasteiger partial charge in [0.05, 0.1) is 19.2 Å². The summed E-state index contributed by atoms with van der Waals surface area (Å²) < 4.78 is 13.6. The van der Waals surface area contributed by atoms with Crippen molar-refractivity contribution in [2.24, 2.45) is 0 Å². The van der Waals surface area contributed by atoms with Gasteiger partial charge in [0.15, 0.2) is 0 Å². The summed E-state index contributed by atoms with van der Waals surface area (Å²) in [6.07, 6.45) is 2.60. The van der Waals surface area contributed by atoms with Gasteiger partial charge in [0.1, 0.15) is 17.4 Å². The molecule has 0 aliphatic carbocycles. The number of pyridine rings is 1. The van der Waals surface area contributed by atoms with Crippen LogP contribution in [0, 0.1) is 11.3 Å². The van der Waals surface area contributed by atoms with Gasteiger partial charge in [-0.05, 0) is 25.0 Å². The number of nitriles is 1. The van der Waals surface area contributed by atoms with Crippen molar-refractivity contribution in [1.82, 2.24) is 14.8 Å². The molecule has 4 rings (SSSR count). The number of nitrogens with zero attached hydrogens (tertiary/aromatic N) is 4. The van der Waals surface area contributed by atoms with E-state index in [0.717, 1.165) is 42.4 Å². The number of alkyl halides is 1. The van der Waals surface area contributed by atoms with Crippen LogP contribution in [0.2, 0.25) is 5.15 Å². The average molecular weight is 416 g/mol. The summed E-state index contributed by atoms with van der Waals surface area (Å²) in [5.74, 6) is -0.153. The number of carbonyl (C=O) groups excluding carboxylic acids is 1. The fraction of sp³-hybridized carbons (Fsp3) is 0.476. The molecular weight excluding hydrogens is 393 g/mol. The Bertz CT molecular complexity index is 940. The summed E-state index contributed by atoms with van der Waals surface area (Å²) in [5, 5.41) is 15.3. The predicted octanol–water partition coefficient (Wildman–Crippen LogP) is 3.23. The number of amides is 1. The number of benzene rings is 1. The lowest BCUT2D eigenvalue weighted by Crippen LogP contribution is -2.46. The van der Waals surface area contributed by atoms with Crippen molar-refractivity contribution >= 4 is 34.0 Å². The van der Waals surface area contributed by atoms with Crippen LogP contribution in [0.1, 0.15) is 19.3 Å². The summed E-state index contributed by atoms with van der Waals surface area (Å²) >= 11 is 6.06. The van der Waals surface area contributed by atoms with Gasteiger partial charge in [-0.2, -0.15) is 5.26 Å². The quantitative estimate of drug-likeness (QED) is 0.776. The minimum atomic E-state index is -1.09. The molecule has 0 saturated carbocycles. The van der Waals surface area contributed by atoms with Gasteiger partial charge < -0.3 is 10.2 Å². The van der Waals surface area contributed by atoms with E-state index in [4.69, 9.17) is 16.9 Å². The van der Waals surface area contributed by atoms with Gasteiger partial charge >= 0.3 is 0 Å². The van der Waals surface area contributed by atoms with Crippen LogP contribution in [-0.4, -0.2) is 65.1 Å². The number of piperidine rings is 1. The molecule has 1 aromatic carbocycles. The molecule has 152 valence electrons. The maximum atomic E-state index is 13.6. The largest absolute Gasteiger partial charge is 0.382 e. The Hall–Kier alpha value is -2.43. The molecule has 0 radical (unpaired) electrons. The molecule has 0 unspecified atom stereocenters. The number of hydrogen-bond donors (Lipinski definition) is 1. The Morgan fingerprint density at radius 2 is 2.17 bits per heavy atom. The normalized spacial score (nSPS) is 23.3. The third-order valence-corrected chi connectivity index (χ3v) is 5.96. The van der Waals surface area contributed by atoms with Crippen molar-refractivity contribution in [2.75, 3.05) is 31.5 Å². The average Bonchev–Trinajstić information content (AvgIpc) is 3.11. The van der Waals surface area contributed by atoms with Gasteiger partial charge in [0.2, 0.25) is 5.91 Å². The number of anilines is 1. The molecule has 6 nitrogen and oxygen atoms in total. The van der Waals surface area contributed by atoms with Crippen molar-refractivity contribution in [1.29, 1.82) is 5.26 Å². The molecule has 2 aliphatic heterocycles. The number of fused-ring (bicyclic) bond motifs is 1. The van der Waals surface area contributed by atoms with Crippen LogP contribution >= 0.6 is 11.6 Å². The first-order chi connectivity index (χ1) is 14.0. The second-order valence-corrected chi connectivity index (χ2v) is 8.14. The Kier molecular flexibility index (Phi) is 5.84. The van der Waals surface area contributed by atoms with E-state index in [-0.39, 0.29) is 25.4 Å². The zero-order chi connectivity index (χ0) is 20.4. The molecular formula is C21H23ClFN5O. The number of rotatable bonds is 4. The van der Waals surface area contributed by atoms with Gasteiger partial charge in [-0.1, -0.05) is 23.7 Å². The van der Waals surface area contributed by atoms with Crippen LogP contribution in [0.4, 0.5) is 10.1 Å². The van der Waals surface area contributed by atoms with Crippen molar-refractivity contribution in [2.45, 2.75) is 37.5 Å². The maximum Gasteiger partial charge on any atom is 0.237 e. The Labute approximate surface area is 174 Å². The highest BCUT2D eigenvalue weighted by atomic mass is 35.5. The molecule has 1 aromatic heterocycles. The van der Waals surface area contributed by atoms with Crippen LogP contribution in [0.5, 0.6) is 0 Å². The molecule has 3 heterocycles. The standard InChI is InChI=1S/C21H23ClFN5O/c22-20-9-18-14(11-25-20)2-1-3-19(18)26-16-4-6-27(7-5-16)13-21(29)28-12-15(23)8-17(28)10-24/h1-3,9,11,15-17,26H,4-8,12-13H2/t15-,17-/m0/s1. The smallest absolute Gasteiger partial charge is 0.237 e. The SMILES string of the molecule is N#C[C@@H]1C[C@H](F)CN1C(=O)CN1CCC(Nc2cccc3cnc(Cl)cc23)CC1. The maximum absolute atomic E-state index is 13.6. The minimum absolute atomic E-state index is 0.0353. The number of carbonyl (C=O) groups is 1. The molecule has 2 aromatic rings. The molecule has 0 spiro atoms. The van der Waals surface area contributed by atoms with Crippen LogP contribution in [0.3, 0.4) is 0 Å². The summed E-state index contributed by atoms with van der Waals surface area (Å²) in [6.45, 7) is 1.84. The lowest BCUT2D eigenvalue weighted by molar-refractivity contribution is -0.132. The molecule has 8 heteroatoms. The van der Waals surface area contributed by atoms with E-state index in [9.17, 15) is 9.18 Å². The zero-order valence-corrected chi connectivity index (χ0v) is 16.8. The van der Waals surface area contributed by atoms with Crippen molar-refractivity contribution in [3.8, 4) is 6.07 Å². The number of likely N-dealkylation sites (tertiary alicyclic amines) is 2. The topological polar surface area (TPSA) is 72.3 Å². The van der Waals surface area contributed by atoms with E-state index in [0.29, 0.717) is 11.2 Å². The Balaban J connectivity index is 1.33. The first kappa shape index (κ1) is 19.9. The first-order valence-electron chi connectivity index (χ1n) is 9.90. The highest BCUT2D eigenvalue weighted by Crippen LogP contribution is 2.27. The number of aromatic nitrogens is 1. The van der Waals surface area contributed by atoms with E-state index >= 15 is 0 Å². The highest BCUT2D eigenvalue weighted by molar-refractivity contribution is 6.30. The fourth-order valence-electron chi connectivity index (χ4n) is 4.19. The summed E-state index contributed by atoms with van der Waals surface area (Å²) in [7, 11) is 0. The van der Waals surface area contributed by atoms with Crippen molar-refractivity contribution in [3.05, 3.63) is 35.6 Å². The van der Waals surface area contributed by atoms with Gasteiger partial charge in [0.25, 0.3) is 0 Å². The summed E-state index contributed by atoms with van der Waals surface area (Å²) in [5.41, 5.74) is 1.03. The lowest BCUT2D eigenvalue weighted by Gasteiger charge is -2.33. The number of hydrogen-bond acceptors (Lipinski definition) is 5. The minimum Gasteiger partial charge on any atom is -0.382 e. The van der Waals surface area contributed by atoms with Crippen molar-refractivity contribution in [3.63, 3.8) is 0 Å². The zero-order valence-electron chi connectivity index (χ0n) is 16.0. The van der Waals surface area contributed by atoms with Crippen LogP contribution < -0.4 is 5.32 Å². The van der Waals surface area contributed by atoms with Crippen LogP contribution in [-0.2, 0) is 4.79 Å². The highest BCUT2D eigenvalue weighted by Gasteiger charge is 2.36. The second kappa shape index (κ2) is 8.52. The molecule has 1 amide bonds. The third-order valence-electron chi connectivity index (χ3n) is 5.76. The van der Waals surface area contributed by atoms with E-state index in [1.165, 1.54) is 4.90 Å². The van der Waals surface area contributed by atoms with Crippen molar-refractivity contribution < 1.29 is 9.18 Å². The Morgan fingerprint density at radius 1 is 1.38 bits per heavy atom. The van der Waals surface area contributed by atoms with Crippen LogP contribution in [0.25, 0.3) is 10.8 Å². The van der Waals surface area contributed by atoms with Gasteiger partial charge in [-0.3, -0.25) is 9.69 Å². The molecule has 2 atom stereocenters. The van der Waals surface area contributed by atoms with E-state index < -0.39 is 12.2 Å². The van der Waals surface area contributed by atoms with Gasteiger partial charge in [0, 0.05) is 48.2 Å². The predicted molar refractivity (Wildman–Crippen MR) is 110 cm³/mol. The van der Waals surface area contributed by atoms with Gasteiger partial charge in [-0.15, -0.1) is 0 Å². The molecule has 0 bridgehead atoms. The monoisotopic (exact) mass is 415 g/mol. The molecule has 2 aliphatic rings. The van der Waals surface area contributed by atoms with E-state index in [1.54, 1.807) is 6.20 Å². The number of nitrogens with one attached hydrogen (secondary N) is 1. The van der Waals surface area contributed by atoms with E-state index in [1.807, 2.05) is 30.3 Å². The number of halogens is 2. The van der Waals surface area contributed by atoms with Gasteiger partial charge in [-0.25, -0.2) is 9.37 Å². The fourth-order valence-corrected chi connectivity index (χ4v) is 4.35. The Morgan fingerprint density at radius 3 is 2.93 bits per heavy atom. The molecule has 2 fully saturated rings. The van der Waals surface area contributed by atoms with E-state index in [2.05, 4.69) is 15.2 Å². The third kappa shape index (κ3) is 4.44. The first-order valence-corrected chi connectivity index (χ1v) is 10.3. The molecule has 29 heavy (non-hydrogen) atoms. The molecule has 1 N–H and O–H groups in total. The van der Waals surface area contributed by atoms with Crippen LogP contribution in [0.15, 0.2) is 30.5 Å². The summed E-state index contributed by atoms with van der Waals surface area (Å²) in [6, 6.07) is 9.61. The lowest BCUT2D eigenvalue weighted by atomic mass is 10.0. The summed E-state index contributed by atoms with van der Waals surface area (Å²) in [4.78, 5) is 20.1. The second-order valence-electron chi connectivity index (χ2n) is 7.75.